The number of carbonyl (C=O) groups excluding carboxylic acids is 2. The van der Waals surface area contributed by atoms with Gasteiger partial charge in [-0.2, -0.15) is 0 Å². The SMILES string of the molecule is CC(CC(=O)N1CCC(Cc2ccccc2)CC1)NC(=O)c1ccccc1. The third-order valence-corrected chi connectivity index (χ3v) is 5.23. The first-order valence-corrected chi connectivity index (χ1v) is 9.79. The summed E-state index contributed by atoms with van der Waals surface area (Å²) >= 11 is 0. The molecule has 1 aliphatic heterocycles. The van der Waals surface area contributed by atoms with Gasteiger partial charge in [0.05, 0.1) is 0 Å². The highest BCUT2D eigenvalue weighted by Crippen LogP contribution is 2.22. The normalized spacial score (nSPS) is 16.0. The molecule has 1 heterocycles. The van der Waals surface area contributed by atoms with Crippen molar-refractivity contribution in [2.24, 2.45) is 5.92 Å². The van der Waals surface area contributed by atoms with E-state index in [2.05, 4.69) is 29.6 Å². The van der Waals surface area contributed by atoms with Crippen LogP contribution in [0.4, 0.5) is 0 Å². The molecule has 0 radical (unpaired) electrons. The summed E-state index contributed by atoms with van der Waals surface area (Å²) in [5.41, 5.74) is 2.00. The van der Waals surface area contributed by atoms with E-state index in [1.807, 2.05) is 36.1 Å². The molecule has 1 fully saturated rings. The van der Waals surface area contributed by atoms with Crippen molar-refractivity contribution in [2.75, 3.05) is 13.1 Å². The van der Waals surface area contributed by atoms with E-state index in [0.717, 1.165) is 32.4 Å². The topological polar surface area (TPSA) is 49.4 Å². The maximum atomic E-state index is 12.6. The number of benzene rings is 2. The Morgan fingerprint density at radius 1 is 1.00 bits per heavy atom. The molecular weight excluding hydrogens is 336 g/mol. The van der Waals surface area contributed by atoms with E-state index in [4.69, 9.17) is 0 Å². The van der Waals surface area contributed by atoms with Gasteiger partial charge in [0.1, 0.15) is 0 Å². The monoisotopic (exact) mass is 364 g/mol. The molecule has 2 aromatic carbocycles. The van der Waals surface area contributed by atoms with Crippen molar-refractivity contribution in [1.82, 2.24) is 10.2 Å². The van der Waals surface area contributed by atoms with Crippen molar-refractivity contribution in [3.05, 3.63) is 71.8 Å². The second kappa shape index (κ2) is 9.36. The van der Waals surface area contributed by atoms with E-state index < -0.39 is 0 Å². The summed E-state index contributed by atoms with van der Waals surface area (Å²) in [6, 6.07) is 19.5. The molecular formula is C23H28N2O2. The van der Waals surface area contributed by atoms with E-state index in [-0.39, 0.29) is 17.9 Å². The Morgan fingerprint density at radius 2 is 1.59 bits per heavy atom. The number of nitrogens with one attached hydrogen (secondary N) is 1. The summed E-state index contributed by atoms with van der Waals surface area (Å²) in [4.78, 5) is 26.7. The second-order valence-electron chi connectivity index (χ2n) is 7.46. The molecule has 2 amide bonds. The van der Waals surface area contributed by atoms with Crippen molar-refractivity contribution in [3.63, 3.8) is 0 Å². The molecule has 0 aromatic heterocycles. The fourth-order valence-electron chi connectivity index (χ4n) is 3.67. The van der Waals surface area contributed by atoms with Crippen LogP contribution in [0.25, 0.3) is 0 Å². The van der Waals surface area contributed by atoms with E-state index in [1.165, 1.54) is 5.56 Å². The van der Waals surface area contributed by atoms with E-state index in [1.54, 1.807) is 12.1 Å². The molecule has 0 bridgehead atoms. The third kappa shape index (κ3) is 5.68. The van der Waals surface area contributed by atoms with E-state index >= 15 is 0 Å². The zero-order valence-corrected chi connectivity index (χ0v) is 15.9. The molecule has 2 aromatic rings. The Labute approximate surface area is 161 Å². The van der Waals surface area contributed by atoms with Crippen LogP contribution >= 0.6 is 0 Å². The predicted octanol–water partition coefficient (Wildman–Crippen LogP) is 3.68. The van der Waals surface area contributed by atoms with Crippen LogP contribution in [-0.4, -0.2) is 35.8 Å². The number of rotatable bonds is 6. The van der Waals surface area contributed by atoms with Gasteiger partial charge in [-0.3, -0.25) is 9.59 Å². The first-order valence-electron chi connectivity index (χ1n) is 9.79. The van der Waals surface area contributed by atoms with Crippen molar-refractivity contribution in [3.8, 4) is 0 Å². The Bertz CT molecular complexity index is 737. The van der Waals surface area contributed by atoms with Crippen LogP contribution in [0.1, 0.15) is 42.1 Å². The molecule has 0 saturated carbocycles. The minimum Gasteiger partial charge on any atom is -0.349 e. The van der Waals surface area contributed by atoms with Crippen LogP contribution in [0.2, 0.25) is 0 Å². The summed E-state index contributed by atoms with van der Waals surface area (Å²) in [6.07, 6.45) is 3.53. The standard InChI is InChI=1S/C23H28N2O2/c1-18(24-23(27)21-10-6-3-7-11-21)16-22(26)25-14-12-20(13-15-25)17-19-8-4-2-5-9-19/h2-11,18,20H,12-17H2,1H3,(H,24,27). The maximum absolute atomic E-state index is 12.6. The van der Waals surface area contributed by atoms with E-state index in [9.17, 15) is 9.59 Å². The second-order valence-corrected chi connectivity index (χ2v) is 7.46. The lowest BCUT2D eigenvalue weighted by Gasteiger charge is -2.33. The molecule has 1 N–H and O–H groups in total. The number of nitrogens with zero attached hydrogens (tertiary/aromatic N) is 1. The lowest BCUT2D eigenvalue weighted by Crippen LogP contribution is -2.42. The van der Waals surface area contributed by atoms with Gasteiger partial charge in [0.15, 0.2) is 0 Å². The van der Waals surface area contributed by atoms with Gasteiger partial charge in [-0.05, 0) is 49.8 Å². The first kappa shape index (κ1) is 19.2. The third-order valence-electron chi connectivity index (χ3n) is 5.23. The molecule has 142 valence electrons. The van der Waals surface area contributed by atoms with Crippen LogP contribution in [0, 0.1) is 5.92 Å². The molecule has 4 nitrogen and oxygen atoms in total. The summed E-state index contributed by atoms with van der Waals surface area (Å²) in [7, 11) is 0. The minimum atomic E-state index is -0.174. The Balaban J connectivity index is 1.42. The van der Waals surface area contributed by atoms with Crippen molar-refractivity contribution in [1.29, 1.82) is 0 Å². The molecule has 3 rings (SSSR count). The van der Waals surface area contributed by atoms with Crippen molar-refractivity contribution < 1.29 is 9.59 Å². The number of carbonyl (C=O) groups is 2. The van der Waals surface area contributed by atoms with Crippen LogP contribution in [0.5, 0.6) is 0 Å². The van der Waals surface area contributed by atoms with Crippen LogP contribution in [0.3, 0.4) is 0 Å². The largest absolute Gasteiger partial charge is 0.349 e. The highest BCUT2D eigenvalue weighted by atomic mass is 16.2. The average Bonchev–Trinajstić information content (AvgIpc) is 2.70. The quantitative estimate of drug-likeness (QED) is 0.850. The lowest BCUT2D eigenvalue weighted by molar-refractivity contribution is -0.132. The van der Waals surface area contributed by atoms with Crippen LogP contribution in [0.15, 0.2) is 60.7 Å². The Morgan fingerprint density at radius 3 is 2.22 bits per heavy atom. The van der Waals surface area contributed by atoms with E-state index in [0.29, 0.717) is 17.9 Å². The van der Waals surface area contributed by atoms with Crippen molar-refractivity contribution in [2.45, 2.75) is 38.6 Å². The highest BCUT2D eigenvalue weighted by Gasteiger charge is 2.24. The Hall–Kier alpha value is -2.62. The number of amides is 2. The average molecular weight is 364 g/mol. The first-order chi connectivity index (χ1) is 13.1. The predicted molar refractivity (Wildman–Crippen MR) is 107 cm³/mol. The lowest BCUT2D eigenvalue weighted by atomic mass is 9.90. The number of hydrogen-bond acceptors (Lipinski definition) is 2. The zero-order chi connectivity index (χ0) is 19.1. The van der Waals surface area contributed by atoms with Gasteiger partial charge in [0.25, 0.3) is 5.91 Å². The minimum absolute atomic E-state index is 0.127. The molecule has 1 atom stereocenters. The fourth-order valence-corrected chi connectivity index (χ4v) is 3.67. The van der Waals surface area contributed by atoms with Gasteiger partial charge in [-0.15, -0.1) is 0 Å². The smallest absolute Gasteiger partial charge is 0.251 e. The summed E-state index contributed by atoms with van der Waals surface area (Å²) in [6.45, 7) is 3.52. The zero-order valence-electron chi connectivity index (χ0n) is 15.9. The van der Waals surface area contributed by atoms with Gasteiger partial charge in [-0.25, -0.2) is 0 Å². The van der Waals surface area contributed by atoms with Gasteiger partial charge in [-0.1, -0.05) is 48.5 Å². The number of likely N-dealkylation sites (tertiary alicyclic amines) is 1. The molecule has 1 saturated heterocycles. The summed E-state index contributed by atoms with van der Waals surface area (Å²) in [5.74, 6) is 0.651. The summed E-state index contributed by atoms with van der Waals surface area (Å²) < 4.78 is 0. The maximum Gasteiger partial charge on any atom is 0.251 e. The fraction of sp³-hybridized carbons (Fsp3) is 0.391. The Kier molecular flexibility index (Phi) is 6.64. The van der Waals surface area contributed by atoms with Crippen molar-refractivity contribution >= 4 is 11.8 Å². The summed E-state index contributed by atoms with van der Waals surface area (Å²) in [5, 5.41) is 2.92. The highest BCUT2D eigenvalue weighted by molar-refractivity contribution is 5.94. The van der Waals surface area contributed by atoms with Gasteiger partial charge >= 0.3 is 0 Å². The van der Waals surface area contributed by atoms with Crippen LogP contribution < -0.4 is 5.32 Å². The molecule has 27 heavy (non-hydrogen) atoms. The van der Waals surface area contributed by atoms with Gasteiger partial charge in [0, 0.05) is 31.1 Å². The van der Waals surface area contributed by atoms with Gasteiger partial charge in [0.2, 0.25) is 5.91 Å². The molecule has 0 aliphatic carbocycles. The van der Waals surface area contributed by atoms with Crippen LogP contribution in [-0.2, 0) is 11.2 Å². The molecule has 0 spiro atoms. The molecule has 4 heteroatoms. The molecule has 1 aliphatic rings. The number of hydrogen-bond donors (Lipinski definition) is 1. The van der Waals surface area contributed by atoms with Gasteiger partial charge < -0.3 is 10.2 Å². The molecule has 1 unspecified atom stereocenters. The number of piperidine rings is 1.